The number of Topliss-reactive ketones (excluding diaryl/α,β-unsaturated/α-hetero) is 2. The summed E-state index contributed by atoms with van der Waals surface area (Å²) in [4.78, 5) is 40.7. The maximum Gasteiger partial charge on any atom is 0.255 e. The number of fused-ring (bicyclic) bond motifs is 3. The molecule has 6 N–H and O–H groups in total. The number of ketones is 2. The standard InChI is InChI=1S/C30H28N2O7/c1-14-4-6-15(7-5-14)8-9-16-10-11-20(33)22-18(16)12-17-13-19-24(32(2)3)26(35)23(29(31)38)28(37)30(19,39)27(36)21(17)25(22)34/h4-7,10-11,17,19,24,33,35-36,39H,12-13H2,1-3H3,(H2,31,38)/t17-,19+,24+,30-/m0/s1. The number of amides is 1. The summed E-state index contributed by atoms with van der Waals surface area (Å²) < 4.78 is 0. The number of benzene rings is 2. The Morgan fingerprint density at radius 1 is 1.05 bits per heavy atom. The highest BCUT2D eigenvalue weighted by Crippen LogP contribution is 2.52. The third-order valence-electron chi connectivity index (χ3n) is 8.00. The van der Waals surface area contributed by atoms with Crippen LogP contribution in [0.25, 0.3) is 0 Å². The largest absolute Gasteiger partial charge is 0.510 e. The molecule has 2 aromatic carbocycles. The van der Waals surface area contributed by atoms with Gasteiger partial charge in [0, 0.05) is 22.6 Å². The Hall–Kier alpha value is -4.39. The summed E-state index contributed by atoms with van der Waals surface area (Å²) in [6.45, 7) is 1.97. The van der Waals surface area contributed by atoms with Gasteiger partial charge in [-0.3, -0.25) is 19.3 Å². The minimum Gasteiger partial charge on any atom is -0.510 e. The number of carbonyl (C=O) groups excluding carboxylic acids is 3. The molecular formula is C30H28N2O7. The first-order chi connectivity index (χ1) is 18.4. The van der Waals surface area contributed by atoms with Crippen LogP contribution in [-0.2, 0) is 16.0 Å². The Morgan fingerprint density at radius 2 is 1.72 bits per heavy atom. The first-order valence-corrected chi connectivity index (χ1v) is 12.5. The number of primary amides is 1. The van der Waals surface area contributed by atoms with E-state index in [2.05, 4.69) is 11.8 Å². The van der Waals surface area contributed by atoms with Gasteiger partial charge >= 0.3 is 0 Å². The number of aliphatic hydroxyl groups is 3. The van der Waals surface area contributed by atoms with Gasteiger partial charge in [-0.05, 0) is 69.6 Å². The maximum absolute atomic E-state index is 13.8. The van der Waals surface area contributed by atoms with E-state index in [-0.39, 0.29) is 29.7 Å². The van der Waals surface area contributed by atoms with Crippen molar-refractivity contribution in [1.29, 1.82) is 0 Å². The number of phenols is 1. The Balaban J connectivity index is 1.66. The van der Waals surface area contributed by atoms with Crippen molar-refractivity contribution >= 4 is 17.5 Å². The Kier molecular flexibility index (Phi) is 6.13. The minimum absolute atomic E-state index is 0.0201. The number of hydrogen-bond acceptors (Lipinski definition) is 8. The first kappa shape index (κ1) is 26.2. The number of allylic oxidation sites excluding steroid dienone is 1. The van der Waals surface area contributed by atoms with Crippen molar-refractivity contribution < 1.29 is 34.8 Å². The summed E-state index contributed by atoms with van der Waals surface area (Å²) in [5.41, 5.74) is 4.47. The van der Waals surface area contributed by atoms with Gasteiger partial charge in [-0.15, -0.1) is 0 Å². The molecule has 0 heterocycles. The highest BCUT2D eigenvalue weighted by molar-refractivity contribution is 6.24. The van der Waals surface area contributed by atoms with Crippen LogP contribution in [0.15, 0.2) is 59.1 Å². The lowest BCUT2D eigenvalue weighted by atomic mass is 9.58. The van der Waals surface area contributed by atoms with Gasteiger partial charge in [-0.2, -0.15) is 0 Å². The number of hydrogen-bond donors (Lipinski definition) is 5. The van der Waals surface area contributed by atoms with Gasteiger partial charge < -0.3 is 26.2 Å². The van der Waals surface area contributed by atoms with Crippen molar-refractivity contribution in [1.82, 2.24) is 4.90 Å². The summed E-state index contributed by atoms with van der Waals surface area (Å²) in [5.74, 6) is -0.653. The average Bonchev–Trinajstić information content (AvgIpc) is 2.86. The number of nitrogens with zero attached hydrogens (tertiary/aromatic N) is 1. The summed E-state index contributed by atoms with van der Waals surface area (Å²) >= 11 is 0. The molecule has 3 aliphatic carbocycles. The van der Waals surface area contributed by atoms with Crippen molar-refractivity contribution in [2.45, 2.75) is 31.4 Å². The zero-order valence-corrected chi connectivity index (χ0v) is 21.6. The molecule has 3 aliphatic rings. The smallest absolute Gasteiger partial charge is 0.255 e. The number of phenolic OH excluding ortho intramolecular Hbond substituents is 1. The van der Waals surface area contributed by atoms with E-state index in [4.69, 9.17) is 5.73 Å². The lowest BCUT2D eigenvalue weighted by Crippen LogP contribution is -2.63. The van der Waals surface area contributed by atoms with Crippen LogP contribution >= 0.6 is 0 Å². The van der Waals surface area contributed by atoms with E-state index in [0.29, 0.717) is 11.1 Å². The summed E-state index contributed by atoms with van der Waals surface area (Å²) in [6, 6.07) is 9.54. The van der Waals surface area contributed by atoms with Crippen molar-refractivity contribution in [3.63, 3.8) is 0 Å². The zero-order chi connectivity index (χ0) is 28.4. The Bertz CT molecular complexity index is 1570. The second-order valence-corrected chi connectivity index (χ2v) is 10.6. The van der Waals surface area contributed by atoms with E-state index in [9.17, 15) is 34.8 Å². The molecule has 4 atom stereocenters. The SMILES string of the molecule is Cc1ccc(C#Cc2ccc(O)c3c2C[C@H]2C[C@@H]4[C@@H](N(C)C)C(O)=C(C(N)=O)C(=O)[C@@]4(O)C(O)=C2C3=O)cc1. The number of carbonyl (C=O) groups is 3. The van der Waals surface area contributed by atoms with Crippen LogP contribution in [0.1, 0.15) is 39.0 Å². The quantitative estimate of drug-likeness (QED) is 0.291. The number of rotatable bonds is 2. The van der Waals surface area contributed by atoms with E-state index < -0.39 is 58.0 Å². The van der Waals surface area contributed by atoms with Gasteiger partial charge in [0.15, 0.2) is 11.4 Å². The number of aromatic hydroxyl groups is 1. The van der Waals surface area contributed by atoms with Crippen LogP contribution in [0.2, 0.25) is 0 Å². The lowest BCUT2D eigenvalue weighted by Gasteiger charge is -2.50. The fourth-order valence-corrected chi connectivity index (χ4v) is 6.14. The van der Waals surface area contributed by atoms with Crippen LogP contribution in [0.4, 0.5) is 0 Å². The Morgan fingerprint density at radius 3 is 2.33 bits per heavy atom. The molecule has 0 aromatic heterocycles. The second-order valence-electron chi connectivity index (χ2n) is 10.6. The molecule has 200 valence electrons. The van der Waals surface area contributed by atoms with Gasteiger partial charge in [-0.25, -0.2) is 0 Å². The summed E-state index contributed by atoms with van der Waals surface area (Å²) in [5, 5.41) is 44.5. The van der Waals surface area contributed by atoms with Gasteiger partial charge in [0.2, 0.25) is 5.78 Å². The van der Waals surface area contributed by atoms with Crippen molar-refractivity contribution in [2.24, 2.45) is 17.6 Å². The van der Waals surface area contributed by atoms with Crippen molar-refractivity contribution in [3.05, 3.63) is 86.9 Å². The molecule has 5 rings (SSSR count). The number of aliphatic hydroxyl groups excluding tert-OH is 2. The number of likely N-dealkylation sites (N-methyl/N-ethyl adjacent to an activating group) is 1. The van der Waals surface area contributed by atoms with Crippen molar-refractivity contribution in [3.8, 4) is 17.6 Å². The summed E-state index contributed by atoms with van der Waals surface area (Å²) in [6.07, 6.45) is 0.201. The molecule has 0 saturated heterocycles. The molecule has 0 spiro atoms. The molecule has 9 heteroatoms. The van der Waals surface area contributed by atoms with Crippen LogP contribution in [0, 0.1) is 30.6 Å². The molecule has 39 heavy (non-hydrogen) atoms. The van der Waals surface area contributed by atoms with Crippen molar-refractivity contribution in [2.75, 3.05) is 14.1 Å². The molecular weight excluding hydrogens is 500 g/mol. The van der Waals surface area contributed by atoms with Gasteiger partial charge in [-0.1, -0.05) is 29.5 Å². The second kappa shape index (κ2) is 9.12. The highest BCUT2D eigenvalue weighted by Gasteiger charge is 2.63. The predicted octanol–water partition coefficient (Wildman–Crippen LogP) is 1.83. The van der Waals surface area contributed by atoms with Crippen LogP contribution in [0.5, 0.6) is 5.75 Å². The minimum atomic E-state index is -2.66. The third kappa shape index (κ3) is 3.83. The van der Waals surface area contributed by atoms with Crippen LogP contribution in [-0.4, -0.2) is 68.5 Å². The molecule has 1 amide bonds. The normalized spacial score (nSPS) is 26.0. The van der Waals surface area contributed by atoms with Gasteiger partial charge in [0.25, 0.3) is 5.91 Å². The van der Waals surface area contributed by atoms with Crippen LogP contribution in [0.3, 0.4) is 0 Å². The molecule has 0 unspecified atom stereocenters. The maximum atomic E-state index is 13.8. The number of aryl methyl sites for hydroxylation is 1. The monoisotopic (exact) mass is 528 g/mol. The zero-order valence-electron chi connectivity index (χ0n) is 21.6. The average molecular weight is 529 g/mol. The fourth-order valence-electron chi connectivity index (χ4n) is 6.14. The topological polar surface area (TPSA) is 161 Å². The van der Waals surface area contributed by atoms with E-state index >= 15 is 0 Å². The van der Waals surface area contributed by atoms with Gasteiger partial charge in [0.05, 0.1) is 11.6 Å². The predicted molar refractivity (Wildman–Crippen MR) is 141 cm³/mol. The van der Waals surface area contributed by atoms with E-state index in [1.165, 1.54) is 11.0 Å². The lowest BCUT2D eigenvalue weighted by molar-refractivity contribution is -0.148. The first-order valence-electron chi connectivity index (χ1n) is 12.5. The Labute approximate surface area is 224 Å². The van der Waals surface area contributed by atoms with Gasteiger partial charge in [0.1, 0.15) is 22.8 Å². The van der Waals surface area contributed by atoms with E-state index in [0.717, 1.165) is 11.1 Å². The molecule has 0 saturated carbocycles. The third-order valence-corrected chi connectivity index (χ3v) is 8.00. The molecule has 0 fully saturated rings. The molecule has 0 bridgehead atoms. The summed E-state index contributed by atoms with van der Waals surface area (Å²) in [7, 11) is 3.17. The fraction of sp³-hybridized carbons (Fsp3) is 0.300. The highest BCUT2D eigenvalue weighted by atomic mass is 16.3. The molecule has 0 radical (unpaired) electrons. The number of nitrogens with two attached hydrogens (primary N) is 1. The molecule has 0 aliphatic heterocycles. The molecule has 9 nitrogen and oxygen atoms in total. The van der Waals surface area contributed by atoms with E-state index in [1.54, 1.807) is 20.2 Å². The molecule has 2 aromatic rings. The van der Waals surface area contributed by atoms with E-state index in [1.807, 2.05) is 31.2 Å². The van der Waals surface area contributed by atoms with Crippen LogP contribution < -0.4 is 5.73 Å².